The van der Waals surface area contributed by atoms with Crippen LogP contribution in [0.25, 0.3) is 0 Å². The highest BCUT2D eigenvalue weighted by molar-refractivity contribution is 5.95. The van der Waals surface area contributed by atoms with Gasteiger partial charge in [0.1, 0.15) is 5.76 Å². The van der Waals surface area contributed by atoms with E-state index in [4.69, 9.17) is 13.9 Å². The molecule has 0 unspecified atom stereocenters. The van der Waals surface area contributed by atoms with Gasteiger partial charge in [0, 0.05) is 31.7 Å². The number of methoxy groups -OCH3 is 1. The third-order valence-corrected chi connectivity index (χ3v) is 4.98. The molecule has 1 saturated heterocycles. The lowest BCUT2D eigenvalue weighted by molar-refractivity contribution is 0.0620. The number of carbonyl (C=O) groups is 1. The molecule has 0 bridgehead atoms. The van der Waals surface area contributed by atoms with Crippen LogP contribution in [-0.2, 0) is 6.54 Å². The number of ether oxygens (including phenoxy) is 2. The Balaban J connectivity index is 1.56. The number of furan rings is 1. The summed E-state index contributed by atoms with van der Waals surface area (Å²) in [6, 6.07) is 9.32. The first kappa shape index (κ1) is 20.3. The minimum atomic E-state index is 0.0321. The van der Waals surface area contributed by atoms with Gasteiger partial charge in [-0.15, -0.1) is 0 Å². The van der Waals surface area contributed by atoms with Gasteiger partial charge in [-0.2, -0.15) is 0 Å². The average Bonchev–Trinajstić information content (AvgIpc) is 3.21. The quantitative estimate of drug-likeness (QED) is 0.693. The lowest BCUT2D eigenvalue weighted by Gasteiger charge is -2.34. The molecule has 0 saturated carbocycles. The molecule has 1 amide bonds. The summed E-state index contributed by atoms with van der Waals surface area (Å²) in [4.78, 5) is 17.1. The number of nitrogens with zero attached hydrogens (tertiary/aromatic N) is 2. The molecule has 6 nitrogen and oxygen atoms in total. The Labute approximate surface area is 167 Å². The minimum absolute atomic E-state index is 0.0321. The van der Waals surface area contributed by atoms with Gasteiger partial charge in [-0.3, -0.25) is 9.69 Å². The largest absolute Gasteiger partial charge is 0.493 e. The number of benzene rings is 1. The van der Waals surface area contributed by atoms with Gasteiger partial charge in [0.15, 0.2) is 11.5 Å². The van der Waals surface area contributed by atoms with Crippen molar-refractivity contribution < 1.29 is 18.7 Å². The van der Waals surface area contributed by atoms with Crippen molar-refractivity contribution in [3.63, 3.8) is 0 Å². The zero-order valence-electron chi connectivity index (χ0n) is 17.0. The zero-order valence-corrected chi connectivity index (χ0v) is 17.0. The second-order valence-corrected chi connectivity index (χ2v) is 7.54. The molecule has 152 valence electrons. The van der Waals surface area contributed by atoms with Gasteiger partial charge < -0.3 is 18.8 Å². The van der Waals surface area contributed by atoms with E-state index in [1.807, 2.05) is 29.2 Å². The first-order chi connectivity index (χ1) is 13.6. The van der Waals surface area contributed by atoms with Crippen LogP contribution in [0.2, 0.25) is 0 Å². The van der Waals surface area contributed by atoms with Crippen LogP contribution in [0.5, 0.6) is 11.5 Å². The van der Waals surface area contributed by atoms with Crippen LogP contribution in [0.4, 0.5) is 0 Å². The number of hydrogen-bond acceptors (Lipinski definition) is 5. The zero-order chi connectivity index (χ0) is 19.9. The van der Waals surface area contributed by atoms with Crippen LogP contribution in [0.15, 0.2) is 41.0 Å². The van der Waals surface area contributed by atoms with Crippen LogP contribution < -0.4 is 9.47 Å². The summed E-state index contributed by atoms with van der Waals surface area (Å²) in [5.74, 6) is 2.86. The summed E-state index contributed by atoms with van der Waals surface area (Å²) in [7, 11) is 1.60. The summed E-state index contributed by atoms with van der Waals surface area (Å²) < 4.78 is 16.7. The molecule has 0 aliphatic carbocycles. The van der Waals surface area contributed by atoms with Crippen LogP contribution in [0, 0.1) is 5.92 Å². The van der Waals surface area contributed by atoms with Crippen molar-refractivity contribution in [3.8, 4) is 11.5 Å². The summed E-state index contributed by atoms with van der Waals surface area (Å²) in [6.07, 6.45) is 2.67. The maximum Gasteiger partial charge on any atom is 0.254 e. The molecule has 1 aromatic carbocycles. The van der Waals surface area contributed by atoms with Crippen LogP contribution in [-0.4, -0.2) is 55.6 Å². The van der Waals surface area contributed by atoms with Crippen molar-refractivity contribution in [3.05, 3.63) is 47.9 Å². The molecule has 2 heterocycles. The fourth-order valence-corrected chi connectivity index (χ4v) is 3.24. The standard InChI is InChI=1S/C22H30N2O4/c1-17(2)8-14-28-20-7-6-18(15-21(20)26-3)22(25)24-11-9-23(10-12-24)16-19-5-4-13-27-19/h4-7,13,15,17H,8-12,14,16H2,1-3H3. The molecular weight excluding hydrogens is 356 g/mol. The molecule has 0 N–H and O–H groups in total. The molecule has 0 atom stereocenters. The van der Waals surface area contributed by atoms with Crippen molar-refractivity contribution in [2.45, 2.75) is 26.8 Å². The van der Waals surface area contributed by atoms with Crippen molar-refractivity contribution in [1.29, 1.82) is 0 Å². The van der Waals surface area contributed by atoms with Crippen LogP contribution in [0.3, 0.4) is 0 Å². The molecule has 1 fully saturated rings. The van der Waals surface area contributed by atoms with E-state index in [2.05, 4.69) is 18.7 Å². The number of rotatable bonds is 8. The number of hydrogen-bond donors (Lipinski definition) is 0. The van der Waals surface area contributed by atoms with Crippen LogP contribution in [0.1, 0.15) is 36.4 Å². The normalized spacial score (nSPS) is 15.1. The highest BCUT2D eigenvalue weighted by atomic mass is 16.5. The van der Waals surface area contributed by atoms with E-state index in [-0.39, 0.29) is 5.91 Å². The van der Waals surface area contributed by atoms with E-state index in [1.165, 1.54) is 0 Å². The van der Waals surface area contributed by atoms with Gasteiger partial charge in [-0.05, 0) is 42.7 Å². The Bertz CT molecular complexity index is 750. The smallest absolute Gasteiger partial charge is 0.254 e. The Kier molecular flexibility index (Phi) is 6.98. The molecule has 28 heavy (non-hydrogen) atoms. The first-order valence-electron chi connectivity index (χ1n) is 9.91. The highest BCUT2D eigenvalue weighted by Crippen LogP contribution is 2.29. The van der Waals surface area contributed by atoms with Gasteiger partial charge in [0.2, 0.25) is 0 Å². The Hall–Kier alpha value is -2.47. The minimum Gasteiger partial charge on any atom is -0.493 e. The van der Waals surface area contributed by atoms with Crippen molar-refractivity contribution in [2.24, 2.45) is 5.92 Å². The molecule has 6 heteroatoms. The van der Waals surface area contributed by atoms with E-state index in [0.717, 1.165) is 31.8 Å². The Morgan fingerprint density at radius 1 is 1.14 bits per heavy atom. The fraction of sp³-hybridized carbons (Fsp3) is 0.500. The maximum absolute atomic E-state index is 12.9. The molecule has 0 spiro atoms. The molecule has 1 aliphatic rings. The molecule has 1 aliphatic heterocycles. The Morgan fingerprint density at radius 3 is 2.57 bits per heavy atom. The second-order valence-electron chi connectivity index (χ2n) is 7.54. The second kappa shape index (κ2) is 9.64. The molecule has 3 rings (SSSR count). The summed E-state index contributed by atoms with van der Waals surface area (Å²) in [5.41, 5.74) is 0.632. The van der Waals surface area contributed by atoms with Gasteiger partial charge in [0.05, 0.1) is 26.5 Å². The number of piperazine rings is 1. The van der Waals surface area contributed by atoms with Crippen molar-refractivity contribution >= 4 is 5.91 Å². The molecule has 0 radical (unpaired) electrons. The SMILES string of the molecule is COc1cc(C(=O)N2CCN(Cc3ccco3)CC2)ccc1OCCC(C)C. The topological polar surface area (TPSA) is 55.2 Å². The molecular formula is C22H30N2O4. The monoisotopic (exact) mass is 386 g/mol. The van der Waals surface area contributed by atoms with Crippen LogP contribution >= 0.6 is 0 Å². The maximum atomic E-state index is 12.9. The summed E-state index contributed by atoms with van der Waals surface area (Å²) in [5, 5.41) is 0. The summed E-state index contributed by atoms with van der Waals surface area (Å²) in [6.45, 7) is 8.82. The Morgan fingerprint density at radius 2 is 1.93 bits per heavy atom. The van der Waals surface area contributed by atoms with E-state index < -0.39 is 0 Å². The van der Waals surface area contributed by atoms with E-state index in [1.54, 1.807) is 19.4 Å². The van der Waals surface area contributed by atoms with Gasteiger partial charge >= 0.3 is 0 Å². The van der Waals surface area contributed by atoms with Gasteiger partial charge in [-0.25, -0.2) is 0 Å². The fourth-order valence-electron chi connectivity index (χ4n) is 3.24. The predicted octanol–water partition coefficient (Wildman–Crippen LogP) is 3.67. The highest BCUT2D eigenvalue weighted by Gasteiger charge is 2.23. The summed E-state index contributed by atoms with van der Waals surface area (Å²) >= 11 is 0. The van der Waals surface area contributed by atoms with Gasteiger partial charge in [-0.1, -0.05) is 13.8 Å². The van der Waals surface area contributed by atoms with E-state index >= 15 is 0 Å². The van der Waals surface area contributed by atoms with Gasteiger partial charge in [0.25, 0.3) is 5.91 Å². The van der Waals surface area contributed by atoms with E-state index in [0.29, 0.717) is 42.7 Å². The van der Waals surface area contributed by atoms with Crippen molar-refractivity contribution in [1.82, 2.24) is 9.80 Å². The number of amides is 1. The third kappa shape index (κ3) is 5.29. The first-order valence-corrected chi connectivity index (χ1v) is 9.91. The predicted molar refractivity (Wildman–Crippen MR) is 108 cm³/mol. The molecule has 1 aromatic heterocycles. The lowest BCUT2D eigenvalue weighted by atomic mass is 10.1. The molecule has 2 aromatic rings. The van der Waals surface area contributed by atoms with Crippen molar-refractivity contribution in [2.75, 3.05) is 39.9 Å². The number of carbonyl (C=O) groups excluding carboxylic acids is 1. The van der Waals surface area contributed by atoms with E-state index in [9.17, 15) is 4.79 Å². The lowest BCUT2D eigenvalue weighted by Crippen LogP contribution is -2.48. The third-order valence-electron chi connectivity index (χ3n) is 4.98. The average molecular weight is 386 g/mol.